The number of benzene rings is 1. The predicted octanol–water partition coefficient (Wildman–Crippen LogP) is 1.77. The maximum absolute atomic E-state index is 12.3. The largest absolute Gasteiger partial charge is 0.495 e. The maximum Gasteiger partial charge on any atom is 0.244 e. The molecule has 2 N–H and O–H groups in total. The number of sulfonamides is 1. The fourth-order valence-corrected chi connectivity index (χ4v) is 3.89. The monoisotopic (exact) mass is 419 g/mol. The highest BCUT2D eigenvalue weighted by Gasteiger charge is 2.19. The van der Waals surface area contributed by atoms with Crippen LogP contribution in [0.2, 0.25) is 5.02 Å². The first kappa shape index (κ1) is 23.7. The zero-order chi connectivity index (χ0) is 16.0. The molecule has 0 bridgehead atoms. The van der Waals surface area contributed by atoms with Crippen molar-refractivity contribution >= 4 is 46.4 Å². The van der Waals surface area contributed by atoms with E-state index in [0.29, 0.717) is 17.3 Å². The molecule has 1 aromatic carbocycles. The second-order valence-electron chi connectivity index (χ2n) is 5.14. The minimum atomic E-state index is -3.62. The summed E-state index contributed by atoms with van der Waals surface area (Å²) >= 11 is 5.88. The van der Waals surface area contributed by atoms with Crippen LogP contribution in [0.1, 0.15) is 6.42 Å². The average molecular weight is 421 g/mol. The summed E-state index contributed by atoms with van der Waals surface area (Å²) in [6.07, 6.45) is 0.766. The van der Waals surface area contributed by atoms with Crippen molar-refractivity contribution in [3.63, 3.8) is 0 Å². The third kappa shape index (κ3) is 6.92. The van der Waals surface area contributed by atoms with Gasteiger partial charge < -0.3 is 15.0 Å². The molecule has 0 saturated carbocycles. The molecule has 140 valence electrons. The molecule has 0 radical (unpaired) electrons. The van der Waals surface area contributed by atoms with Crippen LogP contribution in [-0.4, -0.2) is 59.7 Å². The molecular weight excluding hydrogens is 397 g/mol. The van der Waals surface area contributed by atoms with E-state index < -0.39 is 10.0 Å². The van der Waals surface area contributed by atoms with E-state index >= 15 is 0 Å². The molecule has 1 aliphatic rings. The lowest BCUT2D eigenvalue weighted by atomic mass is 10.3. The fourth-order valence-electron chi connectivity index (χ4n) is 2.38. The van der Waals surface area contributed by atoms with Gasteiger partial charge in [0.15, 0.2) is 0 Å². The summed E-state index contributed by atoms with van der Waals surface area (Å²) in [6, 6.07) is 4.56. The zero-order valence-electron chi connectivity index (χ0n) is 13.5. The molecule has 1 heterocycles. The van der Waals surface area contributed by atoms with E-state index in [2.05, 4.69) is 14.9 Å². The summed E-state index contributed by atoms with van der Waals surface area (Å²) in [6.45, 7) is 5.28. The smallest absolute Gasteiger partial charge is 0.244 e. The molecule has 24 heavy (non-hydrogen) atoms. The van der Waals surface area contributed by atoms with E-state index in [1.165, 1.54) is 13.2 Å². The van der Waals surface area contributed by atoms with Crippen molar-refractivity contribution in [2.45, 2.75) is 11.3 Å². The van der Waals surface area contributed by atoms with E-state index in [0.717, 1.165) is 39.1 Å². The summed E-state index contributed by atoms with van der Waals surface area (Å²) in [7, 11) is -2.18. The van der Waals surface area contributed by atoms with E-state index in [9.17, 15) is 8.42 Å². The quantitative estimate of drug-likeness (QED) is 0.658. The average Bonchev–Trinajstić information content (AvgIpc) is 2.52. The highest BCUT2D eigenvalue weighted by atomic mass is 35.5. The molecule has 1 saturated heterocycles. The number of halogens is 3. The van der Waals surface area contributed by atoms with Gasteiger partial charge in [-0.25, -0.2) is 13.1 Å². The molecule has 1 fully saturated rings. The van der Waals surface area contributed by atoms with Gasteiger partial charge in [-0.1, -0.05) is 11.6 Å². The predicted molar refractivity (Wildman–Crippen MR) is 102 cm³/mol. The molecule has 0 unspecified atom stereocenters. The second kappa shape index (κ2) is 11.4. The van der Waals surface area contributed by atoms with Crippen LogP contribution in [0.25, 0.3) is 0 Å². The van der Waals surface area contributed by atoms with Crippen LogP contribution in [0.4, 0.5) is 0 Å². The van der Waals surface area contributed by atoms with Gasteiger partial charge in [0.05, 0.1) is 7.11 Å². The molecule has 6 nitrogen and oxygen atoms in total. The Balaban J connectivity index is 0.00000264. The summed E-state index contributed by atoms with van der Waals surface area (Å²) in [5, 5.41) is 3.65. The lowest BCUT2D eigenvalue weighted by Crippen LogP contribution is -2.44. The van der Waals surface area contributed by atoms with Crippen molar-refractivity contribution in [1.82, 2.24) is 14.9 Å². The van der Waals surface area contributed by atoms with Crippen molar-refractivity contribution in [2.75, 3.05) is 46.4 Å². The minimum absolute atomic E-state index is 0. The molecular formula is C14H24Cl3N3O3S. The van der Waals surface area contributed by atoms with E-state index in [1.807, 2.05) is 0 Å². The van der Waals surface area contributed by atoms with Crippen molar-refractivity contribution in [3.8, 4) is 5.75 Å². The van der Waals surface area contributed by atoms with Gasteiger partial charge in [-0.3, -0.25) is 0 Å². The summed E-state index contributed by atoms with van der Waals surface area (Å²) in [4.78, 5) is 2.40. The van der Waals surface area contributed by atoms with Crippen LogP contribution in [0.5, 0.6) is 5.75 Å². The van der Waals surface area contributed by atoms with Crippen LogP contribution < -0.4 is 14.8 Å². The number of rotatable bonds is 7. The lowest BCUT2D eigenvalue weighted by molar-refractivity contribution is 0.239. The van der Waals surface area contributed by atoms with Crippen molar-refractivity contribution < 1.29 is 13.2 Å². The van der Waals surface area contributed by atoms with E-state index in [1.54, 1.807) is 12.1 Å². The third-order valence-corrected chi connectivity index (χ3v) is 5.29. The molecule has 0 atom stereocenters. The maximum atomic E-state index is 12.3. The Kier molecular flexibility index (Phi) is 11.2. The molecule has 2 rings (SSSR count). The number of ether oxygens (including phenoxy) is 1. The summed E-state index contributed by atoms with van der Waals surface area (Å²) in [5.41, 5.74) is 0. The first-order chi connectivity index (χ1) is 10.5. The van der Waals surface area contributed by atoms with Gasteiger partial charge in [0, 0.05) is 37.7 Å². The number of hydrogen-bond acceptors (Lipinski definition) is 5. The SMILES string of the molecule is COc1ccc(Cl)cc1S(=O)(=O)NCCCN1CCNCC1.Cl.Cl. The Labute approximate surface area is 161 Å². The van der Waals surface area contributed by atoms with Crippen LogP contribution >= 0.6 is 36.4 Å². The van der Waals surface area contributed by atoms with Crippen LogP contribution in [0.3, 0.4) is 0 Å². The Hall–Kier alpha value is -0.280. The molecule has 0 aromatic heterocycles. The summed E-state index contributed by atoms with van der Waals surface area (Å²) in [5.74, 6) is 0.291. The van der Waals surface area contributed by atoms with Crippen molar-refractivity contribution in [2.24, 2.45) is 0 Å². The number of nitrogens with one attached hydrogen (secondary N) is 2. The van der Waals surface area contributed by atoms with Gasteiger partial charge >= 0.3 is 0 Å². The van der Waals surface area contributed by atoms with Gasteiger partial charge in [-0.15, -0.1) is 24.8 Å². The molecule has 0 amide bonds. The van der Waals surface area contributed by atoms with Crippen molar-refractivity contribution in [1.29, 1.82) is 0 Å². The number of methoxy groups -OCH3 is 1. The molecule has 1 aromatic rings. The number of hydrogen-bond donors (Lipinski definition) is 2. The van der Waals surface area contributed by atoms with Crippen LogP contribution in [0.15, 0.2) is 23.1 Å². The van der Waals surface area contributed by atoms with Crippen LogP contribution in [0, 0.1) is 0 Å². The van der Waals surface area contributed by atoms with E-state index in [-0.39, 0.29) is 29.7 Å². The molecule has 0 spiro atoms. The second-order valence-corrected chi connectivity index (χ2v) is 7.31. The first-order valence-electron chi connectivity index (χ1n) is 7.29. The highest BCUT2D eigenvalue weighted by molar-refractivity contribution is 7.89. The fraction of sp³-hybridized carbons (Fsp3) is 0.571. The Bertz CT molecular complexity index is 596. The Morgan fingerprint density at radius 2 is 1.96 bits per heavy atom. The zero-order valence-corrected chi connectivity index (χ0v) is 16.7. The first-order valence-corrected chi connectivity index (χ1v) is 9.15. The summed E-state index contributed by atoms with van der Waals surface area (Å²) < 4.78 is 32.4. The lowest BCUT2D eigenvalue weighted by Gasteiger charge is -2.27. The van der Waals surface area contributed by atoms with Gasteiger partial charge in [0.25, 0.3) is 0 Å². The number of nitrogens with zero attached hydrogens (tertiary/aromatic N) is 1. The highest BCUT2D eigenvalue weighted by Crippen LogP contribution is 2.26. The molecule has 0 aliphatic carbocycles. The van der Waals surface area contributed by atoms with Gasteiger partial charge in [-0.2, -0.15) is 0 Å². The number of piperazine rings is 1. The van der Waals surface area contributed by atoms with Gasteiger partial charge in [0.1, 0.15) is 10.6 Å². The molecule has 10 heteroatoms. The van der Waals surface area contributed by atoms with E-state index in [4.69, 9.17) is 16.3 Å². The normalized spacial score (nSPS) is 15.2. The van der Waals surface area contributed by atoms with Gasteiger partial charge in [0.2, 0.25) is 10.0 Å². The third-order valence-electron chi connectivity index (χ3n) is 3.57. The van der Waals surface area contributed by atoms with Crippen molar-refractivity contribution in [3.05, 3.63) is 23.2 Å². The standard InChI is InChI=1S/C14H22ClN3O3S.2ClH/c1-21-13-4-3-12(15)11-14(13)22(19,20)17-5-2-8-18-9-6-16-7-10-18;;/h3-4,11,16-17H,2,5-10H2,1H3;2*1H. The topological polar surface area (TPSA) is 70.7 Å². The van der Waals surface area contributed by atoms with Gasteiger partial charge in [-0.05, 0) is 31.2 Å². The Morgan fingerprint density at radius 1 is 1.29 bits per heavy atom. The van der Waals surface area contributed by atoms with Crippen LogP contribution in [-0.2, 0) is 10.0 Å². The Morgan fingerprint density at radius 3 is 2.58 bits per heavy atom. The minimum Gasteiger partial charge on any atom is -0.495 e. The molecule has 1 aliphatic heterocycles.